The van der Waals surface area contributed by atoms with Crippen LogP contribution in [-0.4, -0.2) is 26.6 Å². The Labute approximate surface area is 104 Å². The van der Waals surface area contributed by atoms with E-state index in [-0.39, 0.29) is 30.0 Å². The molecule has 0 unspecified atom stereocenters. The molecule has 6 nitrogen and oxygen atoms in total. The standard InChI is InChI=1S/C10H14FN3O3S/c11-8-4-1-3-7(9(8)12)10(15)14-5-2-6-18(13,16)17/h1,3-4H,2,5-6,12H2,(H,14,15)(H2,13,16,17). The second-order valence-electron chi connectivity index (χ2n) is 3.68. The third kappa shape index (κ3) is 4.30. The van der Waals surface area contributed by atoms with Gasteiger partial charge >= 0.3 is 0 Å². The van der Waals surface area contributed by atoms with Crippen LogP contribution in [0.15, 0.2) is 18.2 Å². The van der Waals surface area contributed by atoms with Crippen LogP contribution in [0.2, 0.25) is 0 Å². The van der Waals surface area contributed by atoms with E-state index in [0.717, 1.165) is 6.07 Å². The summed E-state index contributed by atoms with van der Waals surface area (Å²) < 4.78 is 34.4. The van der Waals surface area contributed by atoms with Crippen molar-refractivity contribution < 1.29 is 17.6 Å². The van der Waals surface area contributed by atoms with Crippen molar-refractivity contribution in [3.63, 3.8) is 0 Å². The lowest BCUT2D eigenvalue weighted by atomic mass is 10.1. The normalized spacial score (nSPS) is 11.2. The van der Waals surface area contributed by atoms with Gasteiger partial charge in [0.05, 0.1) is 17.0 Å². The lowest BCUT2D eigenvalue weighted by Crippen LogP contribution is -2.28. The van der Waals surface area contributed by atoms with E-state index in [0.29, 0.717) is 0 Å². The van der Waals surface area contributed by atoms with Gasteiger partial charge in [0.15, 0.2) is 0 Å². The Morgan fingerprint density at radius 2 is 2.06 bits per heavy atom. The van der Waals surface area contributed by atoms with E-state index in [1.807, 2.05) is 0 Å². The molecule has 0 aromatic heterocycles. The van der Waals surface area contributed by atoms with Gasteiger partial charge in [-0.05, 0) is 18.6 Å². The molecular weight excluding hydrogens is 261 g/mol. The minimum atomic E-state index is -3.54. The number of primary sulfonamides is 1. The monoisotopic (exact) mass is 275 g/mol. The molecule has 0 aliphatic rings. The number of anilines is 1. The van der Waals surface area contributed by atoms with Gasteiger partial charge in [0, 0.05) is 6.54 Å². The summed E-state index contributed by atoms with van der Waals surface area (Å²) in [6.45, 7) is 0.116. The number of sulfonamides is 1. The molecule has 100 valence electrons. The van der Waals surface area contributed by atoms with E-state index in [1.54, 1.807) is 0 Å². The summed E-state index contributed by atoms with van der Waals surface area (Å²) in [6.07, 6.45) is 0.180. The number of para-hydroxylation sites is 1. The molecule has 18 heavy (non-hydrogen) atoms. The topological polar surface area (TPSA) is 115 Å². The third-order valence-corrected chi connectivity index (χ3v) is 3.05. The van der Waals surface area contributed by atoms with E-state index in [1.165, 1.54) is 12.1 Å². The van der Waals surface area contributed by atoms with Gasteiger partial charge in [-0.1, -0.05) is 6.07 Å². The molecule has 0 spiro atoms. The number of nitrogens with two attached hydrogens (primary N) is 2. The maximum Gasteiger partial charge on any atom is 0.253 e. The van der Waals surface area contributed by atoms with E-state index >= 15 is 0 Å². The highest BCUT2D eigenvalue weighted by Crippen LogP contribution is 2.15. The number of carbonyl (C=O) groups excluding carboxylic acids is 1. The lowest BCUT2D eigenvalue weighted by Gasteiger charge is -2.07. The second kappa shape index (κ2) is 5.78. The van der Waals surface area contributed by atoms with Crippen LogP contribution in [0.5, 0.6) is 0 Å². The molecule has 0 bridgehead atoms. The number of nitrogens with one attached hydrogen (secondary N) is 1. The maximum absolute atomic E-state index is 13.1. The smallest absolute Gasteiger partial charge is 0.253 e. The molecule has 0 heterocycles. The SMILES string of the molecule is Nc1c(F)cccc1C(=O)NCCCS(N)(=O)=O. The molecule has 0 fully saturated rings. The van der Waals surface area contributed by atoms with Crippen molar-refractivity contribution in [3.05, 3.63) is 29.6 Å². The molecule has 1 rings (SSSR count). The average molecular weight is 275 g/mol. The van der Waals surface area contributed by atoms with Crippen molar-refractivity contribution in [2.45, 2.75) is 6.42 Å². The number of benzene rings is 1. The van der Waals surface area contributed by atoms with E-state index < -0.39 is 21.7 Å². The Bertz CT molecular complexity index is 545. The van der Waals surface area contributed by atoms with Gasteiger partial charge in [-0.2, -0.15) is 0 Å². The second-order valence-corrected chi connectivity index (χ2v) is 5.41. The fraction of sp³-hybridized carbons (Fsp3) is 0.300. The van der Waals surface area contributed by atoms with Crippen LogP contribution >= 0.6 is 0 Å². The van der Waals surface area contributed by atoms with Crippen LogP contribution in [-0.2, 0) is 10.0 Å². The fourth-order valence-electron chi connectivity index (χ4n) is 1.31. The number of hydrogen-bond donors (Lipinski definition) is 3. The highest BCUT2D eigenvalue weighted by molar-refractivity contribution is 7.89. The molecule has 0 atom stereocenters. The third-order valence-electron chi connectivity index (χ3n) is 2.19. The Hall–Kier alpha value is -1.67. The molecule has 0 radical (unpaired) electrons. The van der Waals surface area contributed by atoms with E-state index in [4.69, 9.17) is 10.9 Å². The van der Waals surface area contributed by atoms with Crippen LogP contribution < -0.4 is 16.2 Å². The van der Waals surface area contributed by atoms with Crippen LogP contribution in [0.4, 0.5) is 10.1 Å². The highest BCUT2D eigenvalue weighted by atomic mass is 32.2. The van der Waals surface area contributed by atoms with Crippen molar-refractivity contribution in [1.29, 1.82) is 0 Å². The molecule has 5 N–H and O–H groups in total. The first-order chi connectivity index (χ1) is 8.31. The van der Waals surface area contributed by atoms with Gasteiger partial charge in [0.25, 0.3) is 5.91 Å². The number of amides is 1. The number of halogens is 1. The molecule has 8 heteroatoms. The zero-order chi connectivity index (χ0) is 13.8. The fourth-order valence-corrected chi connectivity index (χ4v) is 1.85. The zero-order valence-electron chi connectivity index (χ0n) is 9.52. The summed E-state index contributed by atoms with van der Waals surface area (Å²) in [5, 5.41) is 7.23. The minimum absolute atomic E-state index is 0.0191. The highest BCUT2D eigenvalue weighted by Gasteiger charge is 2.12. The van der Waals surface area contributed by atoms with E-state index in [9.17, 15) is 17.6 Å². The molecular formula is C10H14FN3O3S. The van der Waals surface area contributed by atoms with Gasteiger partial charge < -0.3 is 11.1 Å². The van der Waals surface area contributed by atoms with Crippen molar-refractivity contribution in [3.8, 4) is 0 Å². The summed E-state index contributed by atoms with van der Waals surface area (Å²) in [5.74, 6) is -1.46. The Morgan fingerprint density at radius 3 is 2.67 bits per heavy atom. The summed E-state index contributed by atoms with van der Waals surface area (Å²) in [7, 11) is -3.54. The van der Waals surface area contributed by atoms with Crippen LogP contribution in [0.3, 0.4) is 0 Å². The number of carbonyl (C=O) groups is 1. The Morgan fingerprint density at radius 1 is 1.39 bits per heavy atom. The van der Waals surface area contributed by atoms with Crippen LogP contribution in [0, 0.1) is 5.82 Å². The predicted molar refractivity (Wildman–Crippen MR) is 65.7 cm³/mol. The van der Waals surface area contributed by atoms with Gasteiger partial charge in [-0.15, -0.1) is 0 Å². The van der Waals surface area contributed by atoms with Crippen LogP contribution in [0.25, 0.3) is 0 Å². The largest absolute Gasteiger partial charge is 0.396 e. The number of hydrogen-bond acceptors (Lipinski definition) is 4. The predicted octanol–water partition coefficient (Wildman–Crippen LogP) is -0.184. The molecule has 0 saturated heterocycles. The van der Waals surface area contributed by atoms with Crippen molar-refractivity contribution >= 4 is 21.6 Å². The quantitative estimate of drug-likeness (QED) is 0.510. The first-order valence-electron chi connectivity index (χ1n) is 5.14. The van der Waals surface area contributed by atoms with Crippen molar-refractivity contribution in [2.24, 2.45) is 5.14 Å². The van der Waals surface area contributed by atoms with E-state index in [2.05, 4.69) is 5.32 Å². The Kier molecular flexibility index (Phi) is 4.62. The van der Waals surface area contributed by atoms with Gasteiger partial charge in [0.2, 0.25) is 10.0 Å². The van der Waals surface area contributed by atoms with Crippen LogP contribution in [0.1, 0.15) is 16.8 Å². The molecule has 0 aliphatic carbocycles. The summed E-state index contributed by atoms with van der Waals surface area (Å²) in [5.41, 5.74) is 5.19. The number of nitrogen functional groups attached to an aromatic ring is 1. The molecule has 0 saturated carbocycles. The Balaban J connectivity index is 2.54. The molecule has 1 aromatic rings. The lowest BCUT2D eigenvalue weighted by molar-refractivity contribution is 0.0954. The molecule has 1 aromatic carbocycles. The van der Waals surface area contributed by atoms with Crippen molar-refractivity contribution in [1.82, 2.24) is 5.32 Å². The van der Waals surface area contributed by atoms with Gasteiger partial charge in [-0.25, -0.2) is 17.9 Å². The number of rotatable bonds is 5. The first kappa shape index (κ1) is 14.4. The van der Waals surface area contributed by atoms with Crippen molar-refractivity contribution in [2.75, 3.05) is 18.0 Å². The summed E-state index contributed by atoms with van der Waals surface area (Å²) >= 11 is 0. The summed E-state index contributed by atoms with van der Waals surface area (Å²) in [4.78, 5) is 11.6. The summed E-state index contributed by atoms with van der Waals surface area (Å²) in [6, 6.07) is 3.89. The average Bonchev–Trinajstić information content (AvgIpc) is 2.26. The van der Waals surface area contributed by atoms with Gasteiger partial charge in [-0.3, -0.25) is 4.79 Å². The molecule has 0 aliphatic heterocycles. The first-order valence-corrected chi connectivity index (χ1v) is 6.85. The zero-order valence-corrected chi connectivity index (χ0v) is 10.3. The van der Waals surface area contributed by atoms with Gasteiger partial charge in [0.1, 0.15) is 5.82 Å². The maximum atomic E-state index is 13.1. The minimum Gasteiger partial charge on any atom is -0.396 e. The molecule has 1 amide bonds.